The first-order chi connectivity index (χ1) is 6.94. The fourth-order valence-corrected chi connectivity index (χ4v) is 3.71. The SMILES string of the molecule is C=CC1(C)CCC2(C)C(=C)C1CCC2C. The van der Waals surface area contributed by atoms with Crippen molar-refractivity contribution in [3.63, 3.8) is 0 Å². The fraction of sp³-hybridized carbons (Fsp3) is 0.733. The minimum atomic E-state index is 0.316. The van der Waals surface area contributed by atoms with Gasteiger partial charge in [-0.25, -0.2) is 0 Å². The van der Waals surface area contributed by atoms with Gasteiger partial charge in [0.2, 0.25) is 0 Å². The van der Waals surface area contributed by atoms with Crippen LogP contribution in [-0.4, -0.2) is 0 Å². The van der Waals surface area contributed by atoms with E-state index in [0.717, 1.165) is 5.92 Å². The molecule has 0 aromatic rings. The van der Waals surface area contributed by atoms with Crippen LogP contribution in [0.5, 0.6) is 0 Å². The number of hydrogen-bond donors (Lipinski definition) is 0. The molecule has 2 rings (SSSR count). The van der Waals surface area contributed by atoms with Crippen LogP contribution in [0, 0.1) is 22.7 Å². The highest BCUT2D eigenvalue weighted by molar-refractivity contribution is 5.25. The first-order valence-corrected chi connectivity index (χ1v) is 6.27. The molecule has 0 heteroatoms. The molecule has 0 radical (unpaired) electrons. The first-order valence-electron chi connectivity index (χ1n) is 6.27. The Bertz CT molecular complexity index is 301. The third-order valence-corrected chi connectivity index (χ3v) is 5.58. The molecular formula is C15H24. The quantitative estimate of drug-likeness (QED) is 0.548. The molecule has 4 atom stereocenters. The lowest BCUT2D eigenvalue weighted by atomic mass is 9.49. The van der Waals surface area contributed by atoms with Crippen LogP contribution < -0.4 is 0 Å². The topological polar surface area (TPSA) is 0 Å². The van der Waals surface area contributed by atoms with Crippen molar-refractivity contribution in [2.75, 3.05) is 0 Å². The molecule has 84 valence electrons. The highest BCUT2D eigenvalue weighted by Crippen LogP contribution is 2.60. The van der Waals surface area contributed by atoms with E-state index in [0.29, 0.717) is 16.7 Å². The molecule has 2 saturated carbocycles. The van der Waals surface area contributed by atoms with Crippen molar-refractivity contribution in [1.82, 2.24) is 0 Å². The Kier molecular flexibility index (Phi) is 2.37. The van der Waals surface area contributed by atoms with E-state index in [9.17, 15) is 0 Å². The average Bonchev–Trinajstić information content (AvgIpc) is 2.22. The highest BCUT2D eigenvalue weighted by Gasteiger charge is 2.50. The Morgan fingerprint density at radius 2 is 1.93 bits per heavy atom. The predicted molar refractivity (Wildman–Crippen MR) is 66.7 cm³/mol. The minimum Gasteiger partial charge on any atom is -0.103 e. The predicted octanol–water partition coefficient (Wildman–Crippen LogP) is 4.58. The van der Waals surface area contributed by atoms with Crippen LogP contribution in [0.3, 0.4) is 0 Å². The third kappa shape index (κ3) is 1.33. The second kappa shape index (κ2) is 3.23. The van der Waals surface area contributed by atoms with Crippen LogP contribution in [0.1, 0.15) is 46.5 Å². The molecule has 0 amide bonds. The van der Waals surface area contributed by atoms with Gasteiger partial charge in [0.1, 0.15) is 0 Å². The maximum Gasteiger partial charge on any atom is -0.00834 e. The fourth-order valence-electron chi connectivity index (χ4n) is 3.71. The van der Waals surface area contributed by atoms with Gasteiger partial charge >= 0.3 is 0 Å². The highest BCUT2D eigenvalue weighted by atomic mass is 14.5. The molecular weight excluding hydrogens is 180 g/mol. The smallest absolute Gasteiger partial charge is 0.00834 e. The summed E-state index contributed by atoms with van der Waals surface area (Å²) in [5, 5.41) is 0. The van der Waals surface area contributed by atoms with Crippen LogP contribution in [0.25, 0.3) is 0 Å². The van der Waals surface area contributed by atoms with Crippen molar-refractivity contribution in [3.8, 4) is 0 Å². The summed E-state index contributed by atoms with van der Waals surface area (Å²) in [6.07, 6.45) is 7.45. The van der Waals surface area contributed by atoms with Crippen LogP contribution in [0.4, 0.5) is 0 Å². The molecule has 0 spiro atoms. The molecule has 0 aromatic heterocycles. The van der Waals surface area contributed by atoms with E-state index in [2.05, 4.69) is 40.0 Å². The average molecular weight is 204 g/mol. The molecule has 0 saturated heterocycles. The normalized spacial score (nSPS) is 50.2. The zero-order valence-corrected chi connectivity index (χ0v) is 10.5. The molecule has 2 fully saturated rings. The summed E-state index contributed by atoms with van der Waals surface area (Å²) in [5.74, 6) is 1.50. The van der Waals surface area contributed by atoms with Crippen molar-refractivity contribution in [3.05, 3.63) is 24.8 Å². The monoisotopic (exact) mass is 204 g/mol. The molecule has 0 nitrogen and oxygen atoms in total. The number of allylic oxidation sites excluding steroid dienone is 2. The number of fused-ring (bicyclic) bond motifs is 2. The summed E-state index contributed by atoms with van der Waals surface area (Å²) in [6, 6.07) is 0. The van der Waals surface area contributed by atoms with Crippen molar-refractivity contribution in [2.45, 2.75) is 46.5 Å². The van der Waals surface area contributed by atoms with Crippen LogP contribution in [0.2, 0.25) is 0 Å². The first kappa shape index (κ1) is 11.0. The standard InChI is InChI=1S/C15H24/c1-6-14(4)9-10-15(5)11(2)7-8-13(14)12(15)3/h6,11,13H,1,3,7-10H2,2,4-5H3. The van der Waals surface area contributed by atoms with Gasteiger partial charge in [0.25, 0.3) is 0 Å². The second-order valence-electron chi connectivity index (χ2n) is 6.18. The van der Waals surface area contributed by atoms with E-state index in [1.165, 1.54) is 31.3 Å². The van der Waals surface area contributed by atoms with Crippen LogP contribution in [-0.2, 0) is 0 Å². The maximum atomic E-state index is 4.42. The zero-order valence-electron chi connectivity index (χ0n) is 10.5. The second-order valence-corrected chi connectivity index (χ2v) is 6.18. The van der Waals surface area contributed by atoms with Gasteiger partial charge in [0.05, 0.1) is 0 Å². The molecule has 0 aromatic carbocycles. The van der Waals surface area contributed by atoms with Crippen molar-refractivity contribution in [1.29, 1.82) is 0 Å². The van der Waals surface area contributed by atoms with Crippen LogP contribution in [0.15, 0.2) is 24.8 Å². The summed E-state index contributed by atoms with van der Waals surface area (Å²) in [4.78, 5) is 0. The number of hydrogen-bond acceptors (Lipinski definition) is 0. The van der Waals surface area contributed by atoms with Crippen LogP contribution >= 0.6 is 0 Å². The summed E-state index contributed by atoms with van der Waals surface area (Å²) in [5.41, 5.74) is 2.23. The third-order valence-electron chi connectivity index (χ3n) is 5.58. The summed E-state index contributed by atoms with van der Waals surface area (Å²) in [6.45, 7) is 15.6. The lowest BCUT2D eigenvalue weighted by molar-refractivity contribution is 0.0466. The molecule has 2 bridgehead atoms. The largest absolute Gasteiger partial charge is 0.103 e. The molecule has 2 aliphatic rings. The Labute approximate surface area is 94.5 Å². The lowest BCUT2D eigenvalue weighted by Gasteiger charge is -2.56. The van der Waals surface area contributed by atoms with Crippen molar-refractivity contribution in [2.24, 2.45) is 22.7 Å². The van der Waals surface area contributed by atoms with Gasteiger partial charge in [-0.2, -0.15) is 0 Å². The zero-order chi connectivity index (χ0) is 11.3. The van der Waals surface area contributed by atoms with E-state index in [4.69, 9.17) is 0 Å². The minimum absolute atomic E-state index is 0.316. The molecule has 2 aliphatic carbocycles. The van der Waals surface area contributed by atoms with Gasteiger partial charge < -0.3 is 0 Å². The van der Waals surface area contributed by atoms with E-state index >= 15 is 0 Å². The Morgan fingerprint density at radius 1 is 1.27 bits per heavy atom. The van der Waals surface area contributed by atoms with E-state index in [1.54, 1.807) is 0 Å². The summed E-state index contributed by atoms with van der Waals surface area (Å²) < 4.78 is 0. The van der Waals surface area contributed by atoms with Gasteiger partial charge in [-0.3, -0.25) is 0 Å². The Balaban J connectivity index is 2.37. The molecule has 4 unspecified atom stereocenters. The summed E-state index contributed by atoms with van der Waals surface area (Å²) >= 11 is 0. The maximum absolute atomic E-state index is 4.42. The Hall–Kier alpha value is -0.520. The van der Waals surface area contributed by atoms with Crippen molar-refractivity contribution >= 4 is 0 Å². The van der Waals surface area contributed by atoms with Gasteiger partial charge in [-0.1, -0.05) is 39.0 Å². The van der Waals surface area contributed by atoms with E-state index in [1.807, 2.05) is 0 Å². The van der Waals surface area contributed by atoms with E-state index in [-0.39, 0.29) is 0 Å². The summed E-state index contributed by atoms with van der Waals surface area (Å²) in [7, 11) is 0. The van der Waals surface area contributed by atoms with Crippen molar-refractivity contribution < 1.29 is 0 Å². The van der Waals surface area contributed by atoms with Gasteiger partial charge in [0.15, 0.2) is 0 Å². The Morgan fingerprint density at radius 3 is 2.53 bits per heavy atom. The lowest BCUT2D eigenvalue weighted by Crippen LogP contribution is -2.46. The molecule has 0 aliphatic heterocycles. The molecule has 0 heterocycles. The van der Waals surface area contributed by atoms with Gasteiger partial charge in [-0.15, -0.1) is 6.58 Å². The van der Waals surface area contributed by atoms with Gasteiger partial charge in [0, 0.05) is 0 Å². The van der Waals surface area contributed by atoms with E-state index < -0.39 is 0 Å². The van der Waals surface area contributed by atoms with Gasteiger partial charge in [-0.05, 0) is 48.3 Å². The number of rotatable bonds is 1. The molecule has 15 heavy (non-hydrogen) atoms. The molecule has 0 N–H and O–H groups in total.